The zero-order valence-electron chi connectivity index (χ0n) is 21.3. The number of methoxy groups -OCH3 is 1. The van der Waals surface area contributed by atoms with Crippen LogP contribution in [0.4, 0.5) is 18.9 Å². The summed E-state index contributed by atoms with van der Waals surface area (Å²) in [5.41, 5.74) is 2.68. The van der Waals surface area contributed by atoms with E-state index in [1.165, 1.54) is 19.2 Å². The summed E-state index contributed by atoms with van der Waals surface area (Å²) in [6, 6.07) is 6.00. The third kappa shape index (κ3) is 8.81. The van der Waals surface area contributed by atoms with Gasteiger partial charge in [-0.15, -0.1) is 0 Å². The molecule has 188 valence electrons. The number of allylic oxidation sites excluding steroid dienone is 1. The van der Waals surface area contributed by atoms with Crippen molar-refractivity contribution in [2.45, 2.75) is 84.1 Å². The summed E-state index contributed by atoms with van der Waals surface area (Å²) in [4.78, 5) is 3.62. The van der Waals surface area contributed by atoms with E-state index >= 15 is 0 Å². The van der Waals surface area contributed by atoms with E-state index in [1.54, 1.807) is 18.2 Å². The van der Waals surface area contributed by atoms with Crippen LogP contribution in [-0.2, 0) is 9.16 Å². The molecule has 0 radical (unpaired) electrons. The highest BCUT2D eigenvalue weighted by Gasteiger charge is 2.44. The van der Waals surface area contributed by atoms with Gasteiger partial charge in [-0.2, -0.15) is 13.2 Å². The Morgan fingerprint density at radius 1 is 1.00 bits per heavy atom. The topological polar surface area (TPSA) is 40.0 Å². The van der Waals surface area contributed by atoms with Crippen LogP contribution in [0.15, 0.2) is 40.9 Å². The molecule has 1 rings (SSSR count). The molecule has 0 aliphatic carbocycles. The first-order chi connectivity index (χ1) is 15.3. The number of halogens is 3. The highest BCUT2D eigenvalue weighted by atomic mass is 28.4. The van der Waals surface area contributed by atoms with Crippen LogP contribution in [0, 0.1) is 0 Å². The number of hydrogen-bond acceptors (Lipinski definition) is 4. The molecule has 0 unspecified atom stereocenters. The number of nitrogens with zero attached hydrogens (tertiary/aromatic N) is 1. The van der Waals surface area contributed by atoms with Crippen LogP contribution < -0.4 is 4.74 Å². The quantitative estimate of drug-likeness (QED) is 0.0980. The summed E-state index contributed by atoms with van der Waals surface area (Å²) >= 11 is 0. The molecule has 0 aliphatic rings. The zero-order valence-corrected chi connectivity index (χ0v) is 22.3. The van der Waals surface area contributed by atoms with Crippen molar-refractivity contribution in [2.24, 2.45) is 4.99 Å². The molecule has 1 aromatic rings. The maximum atomic E-state index is 13.3. The van der Waals surface area contributed by atoms with Crippen LogP contribution in [0.25, 0.3) is 0 Å². The Bertz CT molecular complexity index is 750. The van der Waals surface area contributed by atoms with Gasteiger partial charge in [0.1, 0.15) is 12.4 Å². The first-order valence-corrected chi connectivity index (χ1v) is 13.7. The van der Waals surface area contributed by atoms with Gasteiger partial charge in [0.2, 0.25) is 0 Å². The van der Waals surface area contributed by atoms with Crippen LogP contribution in [0.2, 0.25) is 16.6 Å². The minimum absolute atomic E-state index is 0.147. The standard InChI is InChI=1S/C25H40F3NO3Si/c1-18(2)33(19(3)4,20(5)6)32-16-9-10-21(7)15-17-31-24(25(26,27)28)29-22-11-13-23(30-8)14-12-22/h11-15,18-20H,9-10,16-17H2,1-8H3/b21-15+,29-24?. The van der Waals surface area contributed by atoms with Crippen molar-refractivity contribution in [1.82, 2.24) is 0 Å². The van der Waals surface area contributed by atoms with Crippen LogP contribution >= 0.6 is 0 Å². The van der Waals surface area contributed by atoms with Crippen LogP contribution in [-0.4, -0.2) is 40.7 Å². The first kappa shape index (κ1) is 29.2. The molecule has 4 nitrogen and oxygen atoms in total. The van der Waals surface area contributed by atoms with E-state index in [0.717, 1.165) is 18.4 Å². The molecule has 0 fully saturated rings. The lowest BCUT2D eigenvalue weighted by Gasteiger charge is -2.42. The van der Waals surface area contributed by atoms with E-state index in [2.05, 4.69) is 46.5 Å². The van der Waals surface area contributed by atoms with Crippen molar-refractivity contribution >= 4 is 19.9 Å². The second kappa shape index (κ2) is 13.2. The van der Waals surface area contributed by atoms with Crippen molar-refractivity contribution in [2.75, 3.05) is 20.3 Å². The van der Waals surface area contributed by atoms with Crippen LogP contribution in [0.5, 0.6) is 5.75 Å². The second-order valence-electron chi connectivity index (χ2n) is 9.24. The van der Waals surface area contributed by atoms with Gasteiger partial charge in [-0.25, -0.2) is 4.99 Å². The molecular formula is C25H40F3NO3Si. The third-order valence-corrected chi connectivity index (χ3v) is 12.1. The SMILES string of the molecule is COc1ccc(N=C(OC/C=C(\C)CCCO[Si](C(C)C)(C(C)C)C(C)C)C(F)(F)F)cc1. The van der Waals surface area contributed by atoms with Gasteiger partial charge in [0.05, 0.1) is 12.8 Å². The van der Waals surface area contributed by atoms with Gasteiger partial charge in [-0.3, -0.25) is 0 Å². The Hall–Kier alpha value is -1.80. The molecule has 0 amide bonds. The van der Waals surface area contributed by atoms with Gasteiger partial charge in [0, 0.05) is 6.61 Å². The number of rotatable bonds is 12. The van der Waals surface area contributed by atoms with Gasteiger partial charge >= 0.3 is 6.18 Å². The molecule has 0 spiro atoms. The van der Waals surface area contributed by atoms with Crippen molar-refractivity contribution in [3.05, 3.63) is 35.9 Å². The molecule has 0 saturated carbocycles. The van der Waals surface area contributed by atoms with Gasteiger partial charge in [-0.1, -0.05) is 47.1 Å². The highest BCUT2D eigenvalue weighted by Crippen LogP contribution is 2.42. The summed E-state index contributed by atoms with van der Waals surface area (Å²) in [6.07, 6.45) is -1.42. The molecule has 0 atom stereocenters. The van der Waals surface area contributed by atoms with E-state index in [0.29, 0.717) is 29.0 Å². The lowest BCUT2D eigenvalue weighted by molar-refractivity contribution is -0.0770. The number of aliphatic imine (C=N–C) groups is 1. The lowest BCUT2D eigenvalue weighted by atomic mass is 10.1. The van der Waals surface area contributed by atoms with Gasteiger partial charge in [0.25, 0.3) is 5.90 Å². The maximum Gasteiger partial charge on any atom is 0.468 e. The van der Waals surface area contributed by atoms with Crippen molar-refractivity contribution in [3.63, 3.8) is 0 Å². The number of benzene rings is 1. The Morgan fingerprint density at radius 2 is 1.55 bits per heavy atom. The average molecular weight is 488 g/mol. The van der Waals surface area contributed by atoms with E-state index in [-0.39, 0.29) is 12.3 Å². The molecule has 1 aromatic carbocycles. The van der Waals surface area contributed by atoms with Gasteiger partial charge < -0.3 is 13.9 Å². The molecular weight excluding hydrogens is 447 g/mol. The molecule has 33 heavy (non-hydrogen) atoms. The molecule has 0 heterocycles. The first-order valence-electron chi connectivity index (χ1n) is 11.6. The predicted molar refractivity (Wildman–Crippen MR) is 132 cm³/mol. The van der Waals surface area contributed by atoms with E-state index in [9.17, 15) is 13.2 Å². The molecule has 0 aliphatic heterocycles. The van der Waals surface area contributed by atoms with Gasteiger partial charge in [0.15, 0.2) is 8.32 Å². The molecule has 0 aromatic heterocycles. The van der Waals surface area contributed by atoms with Gasteiger partial charge in [-0.05, 0) is 66.7 Å². The minimum Gasteiger partial charge on any atom is -0.497 e. The number of alkyl halides is 3. The second-order valence-corrected chi connectivity index (χ2v) is 14.7. The van der Waals surface area contributed by atoms with E-state index in [4.69, 9.17) is 13.9 Å². The fraction of sp³-hybridized carbons (Fsp3) is 0.640. The Labute approximate surface area is 198 Å². The molecule has 0 bridgehead atoms. The Kier molecular flexibility index (Phi) is 11.7. The summed E-state index contributed by atoms with van der Waals surface area (Å²) in [5, 5.41) is 0. The maximum absolute atomic E-state index is 13.3. The normalized spacial score (nSPS) is 13.9. The number of ether oxygens (including phenoxy) is 2. The largest absolute Gasteiger partial charge is 0.497 e. The van der Waals surface area contributed by atoms with Crippen molar-refractivity contribution < 1.29 is 27.1 Å². The zero-order chi connectivity index (χ0) is 25.2. The van der Waals surface area contributed by atoms with Crippen LogP contribution in [0.1, 0.15) is 61.3 Å². The lowest BCUT2D eigenvalue weighted by Crippen LogP contribution is -2.47. The van der Waals surface area contributed by atoms with E-state index in [1.807, 2.05) is 6.92 Å². The molecule has 8 heteroatoms. The smallest absolute Gasteiger partial charge is 0.468 e. The Balaban J connectivity index is 2.67. The summed E-state index contributed by atoms with van der Waals surface area (Å²) in [7, 11) is -0.410. The van der Waals surface area contributed by atoms with Crippen molar-refractivity contribution in [3.8, 4) is 5.75 Å². The fourth-order valence-electron chi connectivity index (χ4n) is 4.42. The predicted octanol–water partition coefficient (Wildman–Crippen LogP) is 8.22. The average Bonchev–Trinajstić information content (AvgIpc) is 2.72. The molecule has 0 N–H and O–H groups in total. The highest BCUT2D eigenvalue weighted by molar-refractivity contribution is 6.77. The summed E-state index contributed by atoms with van der Waals surface area (Å²) in [6.45, 7) is 15.9. The van der Waals surface area contributed by atoms with Crippen LogP contribution in [0.3, 0.4) is 0 Å². The summed E-state index contributed by atoms with van der Waals surface area (Å²) in [5.74, 6) is -0.720. The fourth-order valence-corrected chi connectivity index (χ4v) is 9.91. The monoisotopic (exact) mass is 487 g/mol. The molecule has 0 saturated heterocycles. The minimum atomic E-state index is -4.67. The van der Waals surface area contributed by atoms with Crippen molar-refractivity contribution in [1.29, 1.82) is 0 Å². The Morgan fingerprint density at radius 3 is 2.00 bits per heavy atom. The summed E-state index contributed by atoms with van der Waals surface area (Å²) < 4.78 is 56.5. The number of hydrogen-bond donors (Lipinski definition) is 0. The third-order valence-electron chi connectivity index (χ3n) is 5.97. The van der Waals surface area contributed by atoms with E-state index < -0.39 is 20.4 Å².